The SMILES string of the molecule is CN(C)C(=O)C[C@H]1C=C[C@@H](NC(=O)NC2CCCCC2)[C@@H](CO)O1. The van der Waals surface area contributed by atoms with Crippen molar-refractivity contribution in [2.75, 3.05) is 20.7 Å². The van der Waals surface area contributed by atoms with Crippen LogP contribution in [0.25, 0.3) is 0 Å². The largest absolute Gasteiger partial charge is 0.394 e. The van der Waals surface area contributed by atoms with E-state index < -0.39 is 12.1 Å². The van der Waals surface area contributed by atoms with Crippen LogP contribution in [0.1, 0.15) is 38.5 Å². The molecule has 1 aliphatic heterocycles. The molecule has 7 nitrogen and oxygen atoms in total. The van der Waals surface area contributed by atoms with Gasteiger partial charge >= 0.3 is 6.03 Å². The fraction of sp³-hybridized carbons (Fsp3) is 0.765. The number of carbonyl (C=O) groups excluding carboxylic acids is 2. The van der Waals surface area contributed by atoms with E-state index in [1.54, 1.807) is 26.2 Å². The lowest BCUT2D eigenvalue weighted by atomic mass is 9.96. The first-order chi connectivity index (χ1) is 11.5. The van der Waals surface area contributed by atoms with E-state index in [1.807, 2.05) is 0 Å². The molecule has 7 heteroatoms. The normalized spacial score (nSPS) is 27.5. The van der Waals surface area contributed by atoms with Crippen LogP contribution in [0.5, 0.6) is 0 Å². The molecule has 0 aromatic rings. The van der Waals surface area contributed by atoms with Crippen molar-refractivity contribution >= 4 is 11.9 Å². The molecule has 3 amide bonds. The molecule has 136 valence electrons. The standard InChI is InChI=1S/C17H29N3O4/c1-20(2)16(22)10-13-8-9-14(15(11-21)24-13)19-17(23)18-12-6-4-3-5-7-12/h8-9,12-15,21H,3-7,10-11H2,1-2H3,(H2,18,19,23)/t13-,14-,15-/m1/s1. The summed E-state index contributed by atoms with van der Waals surface area (Å²) in [6, 6.07) is -0.406. The highest BCUT2D eigenvalue weighted by molar-refractivity contribution is 5.76. The molecule has 1 fully saturated rings. The molecule has 1 aliphatic carbocycles. The smallest absolute Gasteiger partial charge is 0.315 e. The van der Waals surface area contributed by atoms with Crippen LogP contribution >= 0.6 is 0 Å². The summed E-state index contributed by atoms with van der Waals surface area (Å²) in [7, 11) is 3.39. The first-order valence-corrected chi connectivity index (χ1v) is 8.71. The second kappa shape index (κ2) is 9.03. The van der Waals surface area contributed by atoms with Gasteiger partial charge in [-0.25, -0.2) is 4.79 Å². The van der Waals surface area contributed by atoms with Crippen molar-refractivity contribution < 1.29 is 19.4 Å². The Bertz CT molecular complexity index is 461. The maximum Gasteiger partial charge on any atom is 0.315 e. The van der Waals surface area contributed by atoms with E-state index in [0.717, 1.165) is 25.7 Å². The second-order valence-electron chi connectivity index (χ2n) is 6.75. The van der Waals surface area contributed by atoms with Gasteiger partial charge in [0.25, 0.3) is 0 Å². The molecule has 0 radical (unpaired) electrons. The van der Waals surface area contributed by atoms with Crippen LogP contribution in [0.4, 0.5) is 4.79 Å². The third-order valence-electron chi connectivity index (χ3n) is 4.58. The van der Waals surface area contributed by atoms with Gasteiger partial charge < -0.3 is 25.4 Å². The van der Waals surface area contributed by atoms with E-state index in [2.05, 4.69) is 10.6 Å². The predicted molar refractivity (Wildman–Crippen MR) is 90.5 cm³/mol. The van der Waals surface area contributed by atoms with Crippen molar-refractivity contribution in [2.24, 2.45) is 0 Å². The molecule has 0 aromatic heterocycles. The molecule has 2 aliphatic rings. The first kappa shape index (κ1) is 18.7. The summed E-state index contributed by atoms with van der Waals surface area (Å²) >= 11 is 0. The van der Waals surface area contributed by atoms with Gasteiger partial charge in [0.15, 0.2) is 0 Å². The predicted octanol–water partition coefficient (Wildman–Crippen LogP) is 0.781. The molecule has 0 spiro atoms. The number of ether oxygens (including phenoxy) is 1. The third kappa shape index (κ3) is 5.49. The lowest BCUT2D eigenvalue weighted by Gasteiger charge is -2.32. The van der Waals surface area contributed by atoms with E-state index in [4.69, 9.17) is 4.74 Å². The molecule has 0 aromatic carbocycles. The monoisotopic (exact) mass is 339 g/mol. The number of nitrogens with one attached hydrogen (secondary N) is 2. The van der Waals surface area contributed by atoms with Gasteiger partial charge in [-0.05, 0) is 12.8 Å². The van der Waals surface area contributed by atoms with Crippen molar-refractivity contribution in [2.45, 2.75) is 62.8 Å². The Labute approximate surface area is 143 Å². The van der Waals surface area contributed by atoms with Crippen molar-refractivity contribution in [3.8, 4) is 0 Å². The van der Waals surface area contributed by atoms with E-state index in [1.165, 1.54) is 11.3 Å². The third-order valence-corrected chi connectivity index (χ3v) is 4.58. The van der Waals surface area contributed by atoms with Crippen LogP contribution in [-0.4, -0.2) is 66.9 Å². The number of urea groups is 1. The average molecular weight is 339 g/mol. The Morgan fingerprint density at radius 1 is 1.17 bits per heavy atom. The fourth-order valence-corrected chi connectivity index (χ4v) is 3.12. The number of carbonyl (C=O) groups is 2. The maximum atomic E-state index is 12.1. The van der Waals surface area contributed by atoms with Crippen molar-refractivity contribution in [3.63, 3.8) is 0 Å². The highest BCUT2D eigenvalue weighted by atomic mass is 16.5. The summed E-state index contributed by atoms with van der Waals surface area (Å²) in [5.74, 6) is -0.0391. The molecular weight excluding hydrogens is 310 g/mol. The van der Waals surface area contributed by atoms with Crippen molar-refractivity contribution in [1.82, 2.24) is 15.5 Å². The molecular formula is C17H29N3O4. The summed E-state index contributed by atoms with van der Waals surface area (Å²) in [6.45, 7) is -0.217. The molecule has 3 atom stereocenters. The molecule has 24 heavy (non-hydrogen) atoms. The quantitative estimate of drug-likeness (QED) is 0.646. The lowest BCUT2D eigenvalue weighted by molar-refractivity contribution is -0.132. The zero-order chi connectivity index (χ0) is 17.5. The molecule has 1 saturated carbocycles. The number of rotatable bonds is 5. The Morgan fingerprint density at radius 2 is 1.88 bits per heavy atom. The van der Waals surface area contributed by atoms with Gasteiger partial charge in [0.1, 0.15) is 6.10 Å². The van der Waals surface area contributed by atoms with Crippen LogP contribution in [0.15, 0.2) is 12.2 Å². The number of aliphatic hydroxyl groups is 1. The molecule has 0 saturated heterocycles. The highest BCUT2D eigenvalue weighted by Crippen LogP contribution is 2.18. The first-order valence-electron chi connectivity index (χ1n) is 8.71. The van der Waals surface area contributed by atoms with Crippen LogP contribution < -0.4 is 10.6 Å². The molecule has 0 unspecified atom stereocenters. The van der Waals surface area contributed by atoms with Crippen molar-refractivity contribution in [3.05, 3.63) is 12.2 Å². The Hall–Kier alpha value is -1.60. The second-order valence-corrected chi connectivity index (χ2v) is 6.75. The van der Waals surface area contributed by atoms with E-state index in [9.17, 15) is 14.7 Å². The summed E-state index contributed by atoms with van der Waals surface area (Å²) < 4.78 is 5.73. The average Bonchev–Trinajstić information content (AvgIpc) is 2.56. The van der Waals surface area contributed by atoms with Gasteiger partial charge in [-0.15, -0.1) is 0 Å². The zero-order valence-electron chi connectivity index (χ0n) is 14.5. The Morgan fingerprint density at radius 3 is 2.50 bits per heavy atom. The minimum Gasteiger partial charge on any atom is -0.394 e. The van der Waals surface area contributed by atoms with Gasteiger partial charge in [-0.3, -0.25) is 4.79 Å². The molecule has 1 heterocycles. The summed E-state index contributed by atoms with van der Waals surface area (Å²) in [5, 5.41) is 15.4. The fourth-order valence-electron chi connectivity index (χ4n) is 3.12. The molecule has 3 N–H and O–H groups in total. The van der Waals surface area contributed by atoms with Gasteiger partial charge in [-0.2, -0.15) is 0 Å². The number of hydrogen-bond acceptors (Lipinski definition) is 4. The van der Waals surface area contributed by atoms with Gasteiger partial charge in [0.05, 0.1) is 25.2 Å². The van der Waals surface area contributed by atoms with Gasteiger partial charge in [0, 0.05) is 20.1 Å². The number of nitrogens with zero attached hydrogens (tertiary/aromatic N) is 1. The summed E-state index contributed by atoms with van der Waals surface area (Å²) in [6.07, 6.45) is 8.45. The topological polar surface area (TPSA) is 90.9 Å². The van der Waals surface area contributed by atoms with Gasteiger partial charge in [0.2, 0.25) is 5.91 Å². The van der Waals surface area contributed by atoms with Crippen LogP contribution in [0.3, 0.4) is 0 Å². The Balaban J connectivity index is 1.85. The van der Waals surface area contributed by atoms with Crippen LogP contribution in [0.2, 0.25) is 0 Å². The number of aliphatic hydroxyl groups excluding tert-OH is 1. The molecule has 0 bridgehead atoms. The Kier molecular flexibility index (Phi) is 7.05. The maximum absolute atomic E-state index is 12.1. The van der Waals surface area contributed by atoms with E-state index in [0.29, 0.717) is 0 Å². The minimum atomic E-state index is -0.549. The van der Waals surface area contributed by atoms with Gasteiger partial charge in [-0.1, -0.05) is 31.4 Å². The van der Waals surface area contributed by atoms with E-state index in [-0.39, 0.29) is 37.1 Å². The number of amides is 3. The molecule has 2 rings (SSSR count). The van der Waals surface area contributed by atoms with Crippen LogP contribution in [0, 0.1) is 0 Å². The van der Waals surface area contributed by atoms with Crippen molar-refractivity contribution in [1.29, 1.82) is 0 Å². The summed E-state index contributed by atoms with van der Waals surface area (Å²) in [4.78, 5) is 25.4. The zero-order valence-corrected chi connectivity index (χ0v) is 14.5. The van der Waals surface area contributed by atoms with Crippen LogP contribution in [-0.2, 0) is 9.53 Å². The summed E-state index contributed by atoms with van der Waals surface area (Å²) in [5.41, 5.74) is 0. The lowest BCUT2D eigenvalue weighted by Crippen LogP contribution is -2.53. The highest BCUT2D eigenvalue weighted by Gasteiger charge is 2.29. The number of hydrogen-bond donors (Lipinski definition) is 3. The minimum absolute atomic E-state index is 0.0391. The van der Waals surface area contributed by atoms with E-state index >= 15 is 0 Å².